The fourth-order valence-corrected chi connectivity index (χ4v) is 1.41. The molecule has 10 heteroatoms. The predicted molar refractivity (Wildman–Crippen MR) is 78.8 cm³/mol. The van der Waals surface area contributed by atoms with E-state index in [-0.39, 0.29) is 26.4 Å². The fourth-order valence-electron chi connectivity index (χ4n) is 0.948. The summed E-state index contributed by atoms with van der Waals surface area (Å²) in [5.41, 5.74) is 2.07. The van der Waals surface area contributed by atoms with Crippen molar-refractivity contribution < 1.29 is 34.5 Å². The van der Waals surface area contributed by atoms with Crippen molar-refractivity contribution in [1.29, 1.82) is 0 Å². The minimum Gasteiger partial charge on any atom is -0.480 e. The van der Waals surface area contributed by atoms with Gasteiger partial charge in [-0.05, 0) is 18.2 Å². The van der Waals surface area contributed by atoms with Gasteiger partial charge in [0.05, 0.1) is 31.5 Å². The summed E-state index contributed by atoms with van der Waals surface area (Å²) in [4.78, 5) is 19.1. The monoisotopic (exact) mass is 357 g/mol. The van der Waals surface area contributed by atoms with Gasteiger partial charge in [-0.25, -0.2) is 4.79 Å². The number of hydrogen-bond donors (Lipinski definition) is 4. The molecule has 8 nitrogen and oxygen atoms in total. The van der Waals surface area contributed by atoms with Crippen LogP contribution in [-0.2, 0) is 14.5 Å². The minimum absolute atomic E-state index is 0.0600. The van der Waals surface area contributed by atoms with E-state index in [2.05, 4.69) is 15.3 Å². The van der Waals surface area contributed by atoms with Crippen molar-refractivity contribution in [2.24, 2.45) is 0 Å². The molecular formula is C12H17Cl2NO7. The average Bonchev–Trinajstić information content (AvgIpc) is 2.47. The SMILES string of the molecule is O=C(O)COc1ccc(Cl)cc1Cl.OCCONOCCO. The van der Waals surface area contributed by atoms with Crippen LogP contribution in [-0.4, -0.2) is 54.3 Å². The van der Waals surface area contributed by atoms with Gasteiger partial charge in [-0.1, -0.05) is 28.8 Å². The Balaban J connectivity index is 0.000000433. The first-order valence-electron chi connectivity index (χ1n) is 6.01. The Labute approximate surface area is 137 Å². The molecule has 0 aliphatic rings. The molecule has 0 fully saturated rings. The molecule has 22 heavy (non-hydrogen) atoms. The van der Waals surface area contributed by atoms with Gasteiger partial charge < -0.3 is 20.1 Å². The van der Waals surface area contributed by atoms with Gasteiger partial charge in [0.15, 0.2) is 6.61 Å². The van der Waals surface area contributed by atoms with Gasteiger partial charge in [0.2, 0.25) is 0 Å². The molecule has 0 unspecified atom stereocenters. The van der Waals surface area contributed by atoms with Crippen molar-refractivity contribution in [2.75, 3.05) is 33.0 Å². The zero-order valence-electron chi connectivity index (χ0n) is 11.5. The highest BCUT2D eigenvalue weighted by Gasteiger charge is 2.04. The normalized spacial score (nSPS) is 9.82. The number of rotatable bonds is 9. The van der Waals surface area contributed by atoms with Gasteiger partial charge in [-0.15, -0.1) is 0 Å². The lowest BCUT2D eigenvalue weighted by molar-refractivity contribution is -0.178. The van der Waals surface area contributed by atoms with Crippen molar-refractivity contribution in [1.82, 2.24) is 5.64 Å². The predicted octanol–water partition coefficient (Wildman–Crippen LogP) is 0.881. The number of carboxylic acids is 1. The summed E-state index contributed by atoms with van der Waals surface area (Å²) in [6, 6.07) is 4.58. The van der Waals surface area contributed by atoms with Crippen LogP contribution in [0.15, 0.2) is 18.2 Å². The van der Waals surface area contributed by atoms with E-state index in [1.807, 2.05) is 0 Å². The van der Waals surface area contributed by atoms with Crippen LogP contribution in [0.3, 0.4) is 0 Å². The van der Waals surface area contributed by atoms with E-state index in [1.54, 1.807) is 6.07 Å². The molecule has 0 aliphatic heterocycles. The van der Waals surface area contributed by atoms with Gasteiger partial charge in [-0.2, -0.15) is 0 Å². The van der Waals surface area contributed by atoms with E-state index in [1.165, 1.54) is 12.1 Å². The molecule has 4 N–H and O–H groups in total. The van der Waals surface area contributed by atoms with E-state index in [0.29, 0.717) is 15.8 Å². The number of carboxylic acid groups (broad SMARTS) is 1. The van der Waals surface area contributed by atoms with Crippen molar-refractivity contribution >= 4 is 29.2 Å². The molecule has 0 aromatic heterocycles. The number of halogens is 2. The van der Waals surface area contributed by atoms with Gasteiger partial charge in [0.25, 0.3) is 0 Å². The van der Waals surface area contributed by atoms with Crippen LogP contribution in [0.25, 0.3) is 0 Å². The Kier molecular flexibility index (Phi) is 12.8. The molecule has 0 heterocycles. The topological polar surface area (TPSA) is 117 Å². The molecule has 1 rings (SSSR count). The highest BCUT2D eigenvalue weighted by atomic mass is 35.5. The van der Waals surface area contributed by atoms with E-state index < -0.39 is 12.6 Å². The van der Waals surface area contributed by atoms with Gasteiger partial charge in [-0.3, -0.25) is 9.68 Å². The lowest BCUT2D eigenvalue weighted by atomic mass is 10.3. The number of aliphatic hydroxyl groups excluding tert-OH is 2. The molecule has 0 aliphatic carbocycles. The highest BCUT2D eigenvalue weighted by Crippen LogP contribution is 2.27. The van der Waals surface area contributed by atoms with Crippen molar-refractivity contribution in [3.8, 4) is 5.75 Å². The smallest absolute Gasteiger partial charge is 0.341 e. The van der Waals surface area contributed by atoms with E-state index in [9.17, 15) is 4.79 Å². The lowest BCUT2D eigenvalue weighted by Crippen LogP contribution is -2.19. The molecule has 0 bridgehead atoms. The van der Waals surface area contributed by atoms with Crippen LogP contribution >= 0.6 is 23.2 Å². The summed E-state index contributed by atoms with van der Waals surface area (Å²) in [6.07, 6.45) is 0. The summed E-state index contributed by atoms with van der Waals surface area (Å²) >= 11 is 11.3. The first-order chi connectivity index (χ1) is 10.5. The fraction of sp³-hybridized carbons (Fsp3) is 0.417. The summed E-state index contributed by atoms with van der Waals surface area (Å²) in [5, 5.41) is 25.4. The third kappa shape index (κ3) is 11.5. The van der Waals surface area contributed by atoms with Gasteiger partial charge in [0.1, 0.15) is 5.75 Å². The second-order valence-electron chi connectivity index (χ2n) is 3.48. The standard InChI is InChI=1S/C8H6Cl2O3.C4H11NO4/c9-5-1-2-7(6(10)3-5)13-4-8(11)12;6-1-3-8-5-9-4-2-7/h1-3H,4H2,(H,11,12);5-7H,1-4H2. The Morgan fingerprint density at radius 2 is 1.73 bits per heavy atom. The van der Waals surface area contributed by atoms with Crippen molar-refractivity contribution in [2.45, 2.75) is 0 Å². The van der Waals surface area contributed by atoms with E-state index >= 15 is 0 Å². The molecular weight excluding hydrogens is 341 g/mol. The second kappa shape index (κ2) is 13.5. The van der Waals surface area contributed by atoms with Crippen molar-refractivity contribution in [3.05, 3.63) is 28.2 Å². The maximum Gasteiger partial charge on any atom is 0.341 e. The molecule has 0 saturated carbocycles. The number of nitrogens with one attached hydrogen (secondary N) is 1. The first-order valence-corrected chi connectivity index (χ1v) is 6.76. The van der Waals surface area contributed by atoms with Crippen molar-refractivity contribution in [3.63, 3.8) is 0 Å². The minimum atomic E-state index is -1.05. The van der Waals surface area contributed by atoms with Crippen LogP contribution in [0.5, 0.6) is 5.75 Å². The van der Waals surface area contributed by atoms with Gasteiger partial charge >= 0.3 is 5.97 Å². The Morgan fingerprint density at radius 1 is 1.14 bits per heavy atom. The quantitative estimate of drug-likeness (QED) is 0.380. The first kappa shape index (κ1) is 20.9. The highest BCUT2D eigenvalue weighted by molar-refractivity contribution is 6.35. The largest absolute Gasteiger partial charge is 0.480 e. The zero-order chi connectivity index (χ0) is 16.8. The number of carbonyl (C=O) groups is 1. The van der Waals surface area contributed by atoms with Crippen LogP contribution in [0.4, 0.5) is 0 Å². The lowest BCUT2D eigenvalue weighted by Gasteiger charge is -2.04. The molecule has 0 radical (unpaired) electrons. The molecule has 0 amide bonds. The molecule has 1 aromatic carbocycles. The van der Waals surface area contributed by atoms with Crippen LogP contribution < -0.4 is 10.4 Å². The summed E-state index contributed by atoms with van der Waals surface area (Å²) in [6.45, 7) is -0.191. The maximum atomic E-state index is 10.2. The molecule has 1 aromatic rings. The summed E-state index contributed by atoms with van der Waals surface area (Å²) in [7, 11) is 0. The van der Waals surface area contributed by atoms with E-state index in [4.69, 9.17) is 43.3 Å². The van der Waals surface area contributed by atoms with Gasteiger partial charge in [0, 0.05) is 5.02 Å². The Bertz CT molecular complexity index is 428. The third-order valence-electron chi connectivity index (χ3n) is 1.75. The Hall–Kier alpha value is -1.13. The Morgan fingerprint density at radius 3 is 2.18 bits per heavy atom. The maximum absolute atomic E-state index is 10.2. The number of hydrogen-bond acceptors (Lipinski definition) is 7. The molecule has 126 valence electrons. The van der Waals surface area contributed by atoms with E-state index in [0.717, 1.165) is 0 Å². The summed E-state index contributed by atoms with van der Waals surface area (Å²) < 4.78 is 4.86. The third-order valence-corrected chi connectivity index (χ3v) is 2.28. The average molecular weight is 358 g/mol. The number of ether oxygens (including phenoxy) is 1. The number of benzene rings is 1. The number of aliphatic hydroxyl groups is 2. The van der Waals surface area contributed by atoms with Crippen LogP contribution in [0.1, 0.15) is 0 Å². The molecule has 0 saturated heterocycles. The van der Waals surface area contributed by atoms with Crippen LogP contribution in [0.2, 0.25) is 10.0 Å². The zero-order valence-corrected chi connectivity index (χ0v) is 13.0. The van der Waals surface area contributed by atoms with Crippen LogP contribution in [0, 0.1) is 0 Å². The molecule has 0 spiro atoms. The molecule has 0 atom stereocenters. The second-order valence-corrected chi connectivity index (χ2v) is 4.33. The summed E-state index contributed by atoms with van der Waals surface area (Å²) in [5.74, 6) is -0.737. The number of aliphatic carboxylic acids is 1.